The van der Waals surface area contributed by atoms with E-state index in [0.717, 1.165) is 17.7 Å². The van der Waals surface area contributed by atoms with Crippen LogP contribution < -0.4 is 15.8 Å². The van der Waals surface area contributed by atoms with Crippen LogP contribution in [0.15, 0.2) is 36.8 Å². The van der Waals surface area contributed by atoms with E-state index in [4.69, 9.17) is 35.0 Å². The molecule has 29 heavy (non-hydrogen) atoms. The largest absolute Gasteiger partial charge is 0.482 e. The van der Waals surface area contributed by atoms with Crippen LogP contribution in [0.2, 0.25) is 10.0 Å². The molecule has 1 unspecified atom stereocenters. The topological polar surface area (TPSA) is 78.0 Å². The van der Waals surface area contributed by atoms with Gasteiger partial charge in [-0.05, 0) is 38.1 Å². The summed E-state index contributed by atoms with van der Waals surface area (Å²) in [6.07, 6.45) is 5.11. The van der Waals surface area contributed by atoms with Crippen molar-refractivity contribution in [3.63, 3.8) is 0 Å². The van der Waals surface area contributed by atoms with Crippen LogP contribution in [0.5, 0.6) is 5.75 Å². The number of nitrogens with zero attached hydrogens (tertiary/aromatic N) is 3. The first-order valence-corrected chi connectivity index (χ1v) is 9.86. The maximum Gasteiger partial charge on any atom is 0.166 e. The van der Waals surface area contributed by atoms with E-state index >= 15 is 0 Å². The van der Waals surface area contributed by atoms with Gasteiger partial charge in [-0.25, -0.2) is 9.37 Å². The number of halogens is 3. The molecule has 2 aromatic heterocycles. The summed E-state index contributed by atoms with van der Waals surface area (Å²) in [4.78, 5) is 4.21. The van der Waals surface area contributed by atoms with Crippen molar-refractivity contribution in [3.8, 4) is 16.9 Å². The Balaban J connectivity index is 1.62. The molecule has 1 aliphatic rings. The van der Waals surface area contributed by atoms with Crippen molar-refractivity contribution in [2.75, 3.05) is 18.8 Å². The van der Waals surface area contributed by atoms with Crippen molar-refractivity contribution >= 4 is 29.0 Å². The number of nitrogens with one attached hydrogen (secondary N) is 1. The molecule has 0 spiro atoms. The lowest BCUT2D eigenvalue weighted by Gasteiger charge is -2.19. The van der Waals surface area contributed by atoms with Crippen LogP contribution in [0.3, 0.4) is 0 Å². The fraction of sp³-hybridized carbons (Fsp3) is 0.300. The summed E-state index contributed by atoms with van der Waals surface area (Å²) in [5.41, 5.74) is 7.83. The zero-order valence-corrected chi connectivity index (χ0v) is 17.1. The third kappa shape index (κ3) is 4.03. The molecule has 1 saturated heterocycles. The van der Waals surface area contributed by atoms with Crippen LogP contribution in [0.1, 0.15) is 32.4 Å². The van der Waals surface area contributed by atoms with Gasteiger partial charge in [0.05, 0.1) is 18.6 Å². The highest BCUT2D eigenvalue weighted by Crippen LogP contribution is 2.37. The quantitative estimate of drug-likeness (QED) is 0.569. The number of aromatic nitrogens is 3. The van der Waals surface area contributed by atoms with Crippen LogP contribution in [-0.4, -0.2) is 27.9 Å². The molecule has 0 amide bonds. The molecule has 9 heteroatoms. The average molecular weight is 437 g/mol. The van der Waals surface area contributed by atoms with Gasteiger partial charge >= 0.3 is 0 Å². The third-order valence-electron chi connectivity index (χ3n) is 4.83. The van der Waals surface area contributed by atoms with E-state index in [-0.39, 0.29) is 10.8 Å². The molecule has 0 radical (unpaired) electrons. The molecule has 152 valence electrons. The monoisotopic (exact) mass is 436 g/mol. The number of hydrogen-bond acceptors (Lipinski definition) is 5. The van der Waals surface area contributed by atoms with Gasteiger partial charge in [-0.2, -0.15) is 5.10 Å². The molecule has 0 bridgehead atoms. The van der Waals surface area contributed by atoms with E-state index in [9.17, 15) is 4.39 Å². The predicted octanol–water partition coefficient (Wildman–Crippen LogP) is 4.65. The molecule has 1 fully saturated rings. The Bertz CT molecular complexity index is 1090. The zero-order chi connectivity index (χ0) is 21.5. The maximum absolute atomic E-state index is 13.9. The second-order valence-electron chi connectivity index (χ2n) is 6.79. The summed E-state index contributed by atoms with van der Waals surface area (Å²) >= 11 is 12.3. The van der Waals surface area contributed by atoms with Gasteiger partial charge in [0.2, 0.25) is 0 Å². The van der Waals surface area contributed by atoms with Crippen molar-refractivity contribution in [1.29, 1.82) is 0 Å². The first kappa shape index (κ1) is 18.7. The van der Waals surface area contributed by atoms with Crippen molar-refractivity contribution in [3.05, 3.63) is 58.2 Å². The Morgan fingerprint density at radius 3 is 2.97 bits per heavy atom. The zero-order valence-electron chi connectivity index (χ0n) is 16.6. The van der Waals surface area contributed by atoms with Crippen molar-refractivity contribution in [2.45, 2.75) is 25.5 Å². The highest BCUT2D eigenvalue weighted by Gasteiger charge is 2.21. The number of rotatable bonds is 5. The smallest absolute Gasteiger partial charge is 0.166 e. The minimum absolute atomic E-state index is 0.0927. The number of pyridine rings is 1. The highest BCUT2D eigenvalue weighted by atomic mass is 35.5. The molecule has 4 rings (SSSR count). The number of nitrogens with two attached hydrogens (primary N) is 1. The predicted molar refractivity (Wildman–Crippen MR) is 112 cm³/mol. The lowest BCUT2D eigenvalue weighted by atomic mass is 10.1. The van der Waals surface area contributed by atoms with Crippen LogP contribution in [0.4, 0.5) is 10.2 Å². The Hall–Kier alpha value is -2.35. The van der Waals surface area contributed by atoms with Gasteiger partial charge in [0.25, 0.3) is 0 Å². The third-order valence-corrected chi connectivity index (χ3v) is 5.54. The first-order valence-electron chi connectivity index (χ1n) is 9.60. The molecular formula is C20H20Cl2FN5O. The second-order valence-corrected chi connectivity index (χ2v) is 7.58. The highest BCUT2D eigenvalue weighted by molar-refractivity contribution is 6.36. The molecule has 3 heterocycles. The minimum atomic E-state index is -0.807. The van der Waals surface area contributed by atoms with Gasteiger partial charge in [-0.3, -0.25) is 4.68 Å². The van der Waals surface area contributed by atoms with Crippen molar-refractivity contribution < 1.29 is 10.5 Å². The maximum atomic E-state index is 13.9. The summed E-state index contributed by atoms with van der Waals surface area (Å²) < 4.78 is 30.0. The molecular weight excluding hydrogens is 416 g/mol. The van der Waals surface area contributed by atoms with Gasteiger partial charge in [-0.15, -0.1) is 0 Å². The summed E-state index contributed by atoms with van der Waals surface area (Å²) in [5.74, 6) is -0.0876. The van der Waals surface area contributed by atoms with E-state index in [1.54, 1.807) is 36.3 Å². The summed E-state index contributed by atoms with van der Waals surface area (Å²) in [7, 11) is 0. The normalized spacial score (nSPS) is 20.5. The first-order chi connectivity index (χ1) is 14.3. The van der Waals surface area contributed by atoms with E-state index in [1.165, 1.54) is 12.1 Å². The Labute approximate surface area is 179 Å². The number of ether oxygens (including phenoxy) is 1. The molecule has 3 aromatic rings. The van der Waals surface area contributed by atoms with E-state index < -0.39 is 17.9 Å². The lowest BCUT2D eigenvalue weighted by Crippen LogP contribution is -2.13. The fourth-order valence-corrected chi connectivity index (χ4v) is 3.94. The van der Waals surface area contributed by atoms with Gasteiger partial charge in [0, 0.05) is 40.7 Å². The molecule has 0 saturated carbocycles. The number of anilines is 1. The summed E-state index contributed by atoms with van der Waals surface area (Å²) in [6, 6.07) is 3.55. The Morgan fingerprint density at radius 2 is 2.21 bits per heavy atom. The number of nitrogen functional groups attached to an aromatic ring is 1. The molecule has 1 aromatic carbocycles. The lowest BCUT2D eigenvalue weighted by molar-refractivity contribution is 0.227. The fourth-order valence-electron chi connectivity index (χ4n) is 3.27. The van der Waals surface area contributed by atoms with Crippen molar-refractivity contribution in [1.82, 2.24) is 20.1 Å². The Morgan fingerprint density at radius 1 is 1.38 bits per heavy atom. The SMILES string of the molecule is [2H]C1(n2cc(-c3cnc(N)c(O[C@H](C)c4c(Cl)ccc(F)c4Cl)c3)cn2)CCNC1. The molecule has 6 nitrogen and oxygen atoms in total. The van der Waals surface area contributed by atoms with Gasteiger partial charge in [0.1, 0.15) is 11.9 Å². The van der Waals surface area contributed by atoms with E-state index in [0.29, 0.717) is 29.3 Å². The van der Waals surface area contributed by atoms with Crippen LogP contribution in [0, 0.1) is 5.82 Å². The molecule has 2 atom stereocenters. The van der Waals surface area contributed by atoms with Gasteiger partial charge in [-0.1, -0.05) is 23.2 Å². The minimum Gasteiger partial charge on any atom is -0.482 e. The molecule has 1 aliphatic heterocycles. The van der Waals surface area contributed by atoms with Crippen molar-refractivity contribution in [2.24, 2.45) is 0 Å². The Kier molecular flexibility index (Phi) is 5.26. The average Bonchev–Trinajstić information content (AvgIpc) is 3.37. The van der Waals surface area contributed by atoms with Gasteiger partial charge in [0.15, 0.2) is 11.6 Å². The van der Waals surface area contributed by atoms with Crippen LogP contribution >= 0.6 is 23.2 Å². The summed E-state index contributed by atoms with van der Waals surface area (Å²) in [6.45, 7) is 3.02. The molecule has 0 aliphatic carbocycles. The number of benzene rings is 1. The second kappa shape index (κ2) is 8.18. The number of hydrogen-bond donors (Lipinski definition) is 2. The van der Waals surface area contributed by atoms with E-state index in [2.05, 4.69) is 15.4 Å². The van der Waals surface area contributed by atoms with Crippen LogP contribution in [0.25, 0.3) is 11.1 Å². The van der Waals surface area contributed by atoms with Gasteiger partial charge < -0.3 is 15.8 Å². The standard InChI is InChI=1S/C20H20Cl2FN5O/c1-11(18-15(21)2-3-16(23)19(18)22)29-17-6-12(7-26-20(17)24)13-8-27-28(10-13)14-4-5-25-9-14/h2-3,6-8,10-11,14,25H,4-5,9H2,1H3,(H2,24,26)/t11-,14?/m1/s1/i14D. The molecule has 3 N–H and O–H groups in total. The summed E-state index contributed by atoms with van der Waals surface area (Å²) in [5, 5.41) is 7.74. The van der Waals surface area contributed by atoms with E-state index in [1.807, 2.05) is 0 Å². The van der Waals surface area contributed by atoms with Crippen LogP contribution in [-0.2, 0) is 0 Å².